The van der Waals surface area contributed by atoms with Crippen LogP contribution in [0.3, 0.4) is 0 Å². The Kier molecular flexibility index (Phi) is 5.53. The summed E-state index contributed by atoms with van der Waals surface area (Å²) in [7, 11) is 0. The Morgan fingerprint density at radius 3 is 2.20 bits per heavy atom. The van der Waals surface area contributed by atoms with Crippen molar-refractivity contribution in [3.05, 3.63) is 59.4 Å². The van der Waals surface area contributed by atoms with Crippen LogP contribution in [0.5, 0.6) is 0 Å². The average molecular weight is 339 g/mol. The van der Waals surface area contributed by atoms with E-state index in [1.54, 1.807) is 17.2 Å². The third-order valence-corrected chi connectivity index (χ3v) is 4.81. The van der Waals surface area contributed by atoms with E-state index in [2.05, 4.69) is 36.2 Å². The minimum Gasteiger partial charge on any atom is -0.357 e. The quantitative estimate of drug-likeness (QED) is 0.910. The molecule has 1 N–H and O–H groups in total. The number of piperazine rings is 1. The topological polar surface area (TPSA) is 56.4 Å². The molecule has 0 bridgehead atoms. The molecule has 5 heteroatoms. The van der Waals surface area contributed by atoms with E-state index in [0.717, 1.165) is 12.8 Å². The van der Waals surface area contributed by atoms with E-state index in [9.17, 15) is 9.59 Å². The lowest BCUT2D eigenvalue weighted by molar-refractivity contribution is -0.132. The van der Waals surface area contributed by atoms with Gasteiger partial charge in [0, 0.05) is 38.8 Å². The van der Waals surface area contributed by atoms with Crippen LogP contribution in [0.2, 0.25) is 0 Å². The van der Waals surface area contributed by atoms with Gasteiger partial charge in [0.1, 0.15) is 5.69 Å². The Hall–Kier alpha value is -2.56. The number of H-pyrrole nitrogens is 1. The summed E-state index contributed by atoms with van der Waals surface area (Å²) in [4.78, 5) is 31.3. The Bertz CT molecular complexity index is 699. The van der Waals surface area contributed by atoms with Gasteiger partial charge in [-0.2, -0.15) is 0 Å². The molecule has 1 fully saturated rings. The SMILES string of the molecule is CCc1ccc(CCC(=O)N2CCN(C(=O)c3ccc[nH]3)CC2)cc1. The van der Waals surface area contributed by atoms with Crippen molar-refractivity contribution in [2.75, 3.05) is 26.2 Å². The zero-order valence-electron chi connectivity index (χ0n) is 14.7. The van der Waals surface area contributed by atoms with Crippen LogP contribution < -0.4 is 0 Å². The van der Waals surface area contributed by atoms with E-state index in [1.807, 2.05) is 11.0 Å². The van der Waals surface area contributed by atoms with Gasteiger partial charge >= 0.3 is 0 Å². The van der Waals surface area contributed by atoms with E-state index >= 15 is 0 Å². The maximum absolute atomic E-state index is 12.4. The van der Waals surface area contributed by atoms with Gasteiger partial charge in [-0.3, -0.25) is 9.59 Å². The number of hydrogen-bond donors (Lipinski definition) is 1. The van der Waals surface area contributed by atoms with Gasteiger partial charge in [0.15, 0.2) is 0 Å². The van der Waals surface area contributed by atoms with Gasteiger partial charge in [-0.1, -0.05) is 31.2 Å². The molecule has 0 spiro atoms. The van der Waals surface area contributed by atoms with Crippen LogP contribution in [-0.4, -0.2) is 52.8 Å². The first-order valence-electron chi connectivity index (χ1n) is 8.95. The first-order valence-corrected chi connectivity index (χ1v) is 8.95. The molecule has 3 rings (SSSR count). The third-order valence-electron chi connectivity index (χ3n) is 4.81. The Labute approximate surface area is 148 Å². The van der Waals surface area contributed by atoms with Crippen molar-refractivity contribution in [3.8, 4) is 0 Å². The fraction of sp³-hybridized carbons (Fsp3) is 0.400. The fourth-order valence-corrected chi connectivity index (χ4v) is 3.14. The molecule has 1 aliphatic rings. The van der Waals surface area contributed by atoms with Crippen LogP contribution in [0.25, 0.3) is 0 Å². The zero-order chi connectivity index (χ0) is 17.6. The van der Waals surface area contributed by atoms with Gasteiger partial charge < -0.3 is 14.8 Å². The van der Waals surface area contributed by atoms with Crippen LogP contribution in [0.4, 0.5) is 0 Å². The Morgan fingerprint density at radius 2 is 1.60 bits per heavy atom. The number of hydrogen-bond acceptors (Lipinski definition) is 2. The molecule has 25 heavy (non-hydrogen) atoms. The molecule has 0 atom stereocenters. The smallest absolute Gasteiger partial charge is 0.270 e. The number of carbonyl (C=O) groups excluding carboxylic acids is 2. The van der Waals surface area contributed by atoms with Crippen LogP contribution in [0.15, 0.2) is 42.6 Å². The molecule has 0 aliphatic carbocycles. The van der Waals surface area contributed by atoms with Gasteiger partial charge in [0.05, 0.1) is 0 Å². The molecule has 2 aromatic rings. The number of rotatable bonds is 5. The predicted octanol–water partition coefficient (Wildman–Crippen LogP) is 2.49. The summed E-state index contributed by atoms with van der Waals surface area (Å²) in [5.41, 5.74) is 3.12. The fourth-order valence-electron chi connectivity index (χ4n) is 3.14. The first kappa shape index (κ1) is 17.3. The van der Waals surface area contributed by atoms with Crippen LogP contribution >= 0.6 is 0 Å². The lowest BCUT2D eigenvalue weighted by Crippen LogP contribution is -2.50. The van der Waals surface area contributed by atoms with Crippen molar-refractivity contribution in [3.63, 3.8) is 0 Å². The number of aryl methyl sites for hydroxylation is 2. The largest absolute Gasteiger partial charge is 0.357 e. The highest BCUT2D eigenvalue weighted by molar-refractivity contribution is 5.92. The number of benzene rings is 1. The van der Waals surface area contributed by atoms with Gasteiger partial charge in [0.2, 0.25) is 5.91 Å². The van der Waals surface area contributed by atoms with Crippen molar-refractivity contribution in [2.45, 2.75) is 26.2 Å². The van der Waals surface area contributed by atoms with Gasteiger partial charge in [-0.05, 0) is 36.1 Å². The summed E-state index contributed by atoms with van der Waals surface area (Å²) >= 11 is 0. The van der Waals surface area contributed by atoms with E-state index in [1.165, 1.54) is 11.1 Å². The molecule has 1 aliphatic heterocycles. The Morgan fingerprint density at radius 1 is 0.960 bits per heavy atom. The molecule has 132 valence electrons. The minimum atomic E-state index is 0.00751. The molecule has 0 unspecified atom stereocenters. The molecule has 0 saturated carbocycles. The van der Waals surface area contributed by atoms with Crippen molar-refractivity contribution in [1.29, 1.82) is 0 Å². The van der Waals surface area contributed by atoms with Crippen LogP contribution in [0, 0.1) is 0 Å². The monoisotopic (exact) mass is 339 g/mol. The van der Waals surface area contributed by atoms with E-state index in [4.69, 9.17) is 0 Å². The maximum Gasteiger partial charge on any atom is 0.270 e. The number of carbonyl (C=O) groups is 2. The van der Waals surface area contributed by atoms with Gasteiger partial charge in [-0.15, -0.1) is 0 Å². The molecule has 1 aromatic carbocycles. The molecular weight excluding hydrogens is 314 g/mol. The molecule has 0 radical (unpaired) electrons. The lowest BCUT2D eigenvalue weighted by atomic mass is 10.1. The second kappa shape index (κ2) is 8.01. The normalized spacial score (nSPS) is 14.6. The third kappa shape index (κ3) is 4.29. The lowest BCUT2D eigenvalue weighted by Gasteiger charge is -2.34. The maximum atomic E-state index is 12.4. The summed E-state index contributed by atoms with van der Waals surface area (Å²) in [6.07, 6.45) is 4.07. The molecule has 1 saturated heterocycles. The standard InChI is InChI=1S/C20H25N3O2/c1-2-16-5-7-17(8-6-16)9-10-19(24)22-12-14-23(15-13-22)20(25)18-4-3-11-21-18/h3-8,11,21H,2,9-10,12-15H2,1H3. The summed E-state index contributed by atoms with van der Waals surface area (Å²) in [6.45, 7) is 4.54. The number of nitrogens with one attached hydrogen (secondary N) is 1. The average Bonchev–Trinajstić information content (AvgIpc) is 3.21. The van der Waals surface area contributed by atoms with E-state index < -0.39 is 0 Å². The number of nitrogens with zero attached hydrogens (tertiary/aromatic N) is 2. The van der Waals surface area contributed by atoms with E-state index in [0.29, 0.717) is 38.3 Å². The van der Waals surface area contributed by atoms with Crippen molar-refractivity contribution >= 4 is 11.8 Å². The second-order valence-corrected chi connectivity index (χ2v) is 6.43. The number of amides is 2. The molecular formula is C20H25N3O2. The highest BCUT2D eigenvalue weighted by Crippen LogP contribution is 2.11. The number of aromatic amines is 1. The molecule has 2 heterocycles. The number of aromatic nitrogens is 1. The summed E-state index contributed by atoms with van der Waals surface area (Å²) in [5, 5.41) is 0. The van der Waals surface area contributed by atoms with Crippen LogP contribution in [0.1, 0.15) is 35.0 Å². The van der Waals surface area contributed by atoms with E-state index in [-0.39, 0.29) is 11.8 Å². The van der Waals surface area contributed by atoms with Gasteiger partial charge in [0.25, 0.3) is 5.91 Å². The summed E-state index contributed by atoms with van der Waals surface area (Å²) in [5.74, 6) is 0.180. The highest BCUT2D eigenvalue weighted by atomic mass is 16.2. The summed E-state index contributed by atoms with van der Waals surface area (Å²) < 4.78 is 0. The predicted molar refractivity (Wildman–Crippen MR) is 97.4 cm³/mol. The molecule has 2 amide bonds. The van der Waals surface area contributed by atoms with Crippen LogP contribution in [-0.2, 0) is 17.6 Å². The highest BCUT2D eigenvalue weighted by Gasteiger charge is 2.24. The Balaban J connectivity index is 1.45. The zero-order valence-corrected chi connectivity index (χ0v) is 14.7. The second-order valence-electron chi connectivity index (χ2n) is 6.43. The van der Waals surface area contributed by atoms with Crippen molar-refractivity contribution in [2.24, 2.45) is 0 Å². The minimum absolute atomic E-state index is 0.00751. The molecule has 1 aromatic heterocycles. The van der Waals surface area contributed by atoms with Crippen molar-refractivity contribution < 1.29 is 9.59 Å². The van der Waals surface area contributed by atoms with Crippen molar-refractivity contribution in [1.82, 2.24) is 14.8 Å². The molecule has 5 nitrogen and oxygen atoms in total. The first-order chi connectivity index (χ1) is 12.2. The summed E-state index contributed by atoms with van der Waals surface area (Å²) in [6, 6.07) is 12.1. The van der Waals surface area contributed by atoms with Gasteiger partial charge in [-0.25, -0.2) is 0 Å².